The Hall–Kier alpha value is -3.26. The Balaban J connectivity index is 1.61. The van der Waals surface area contributed by atoms with Gasteiger partial charge in [-0.2, -0.15) is 0 Å². The predicted molar refractivity (Wildman–Crippen MR) is 103 cm³/mol. The molecular formula is C19H22N6O2. The number of amides is 2. The number of carbonyl (C=O) groups is 2. The number of nitrogens with one attached hydrogen (secondary N) is 2. The fraction of sp³-hybridized carbons (Fsp3) is 0.263. The molecule has 0 bridgehead atoms. The third-order valence-electron chi connectivity index (χ3n) is 4.18. The van der Waals surface area contributed by atoms with Crippen LogP contribution in [0.2, 0.25) is 0 Å². The van der Waals surface area contributed by atoms with Crippen LogP contribution in [0.5, 0.6) is 0 Å². The van der Waals surface area contributed by atoms with Crippen LogP contribution in [-0.4, -0.2) is 38.9 Å². The molecule has 0 saturated carbocycles. The van der Waals surface area contributed by atoms with Crippen molar-refractivity contribution in [1.82, 2.24) is 19.9 Å². The second kappa shape index (κ2) is 7.96. The number of fused-ring (bicyclic) bond motifs is 1. The molecule has 0 fully saturated rings. The van der Waals surface area contributed by atoms with E-state index >= 15 is 0 Å². The monoisotopic (exact) mass is 366 g/mol. The fourth-order valence-corrected chi connectivity index (χ4v) is 2.54. The first kappa shape index (κ1) is 18.5. The molecule has 0 saturated heterocycles. The van der Waals surface area contributed by atoms with Gasteiger partial charge in [-0.1, -0.05) is 26.0 Å². The second-order valence-corrected chi connectivity index (χ2v) is 6.54. The minimum absolute atomic E-state index is 0.00376. The number of hydrogen-bond acceptors (Lipinski definition) is 5. The van der Waals surface area contributed by atoms with Crippen molar-refractivity contribution in [3.8, 4) is 5.82 Å². The Morgan fingerprint density at radius 2 is 1.93 bits per heavy atom. The van der Waals surface area contributed by atoms with Crippen LogP contribution in [-0.2, 0) is 9.59 Å². The molecule has 1 atom stereocenters. The zero-order valence-electron chi connectivity index (χ0n) is 15.2. The second-order valence-electron chi connectivity index (χ2n) is 6.54. The molecule has 140 valence electrons. The molecule has 3 rings (SSSR count). The van der Waals surface area contributed by atoms with Gasteiger partial charge in [0, 0.05) is 0 Å². The summed E-state index contributed by atoms with van der Waals surface area (Å²) >= 11 is 0. The molecule has 8 heteroatoms. The highest BCUT2D eigenvalue weighted by molar-refractivity contribution is 5.95. The highest BCUT2D eigenvalue weighted by Gasteiger charge is 2.17. The molecule has 1 aromatic carbocycles. The molecule has 0 aliphatic carbocycles. The van der Waals surface area contributed by atoms with E-state index in [4.69, 9.17) is 5.73 Å². The van der Waals surface area contributed by atoms with Crippen molar-refractivity contribution in [3.63, 3.8) is 0 Å². The Kier molecular flexibility index (Phi) is 5.46. The van der Waals surface area contributed by atoms with Crippen LogP contribution >= 0.6 is 0 Å². The van der Waals surface area contributed by atoms with Crippen molar-refractivity contribution < 1.29 is 9.59 Å². The van der Waals surface area contributed by atoms with Crippen molar-refractivity contribution in [2.24, 2.45) is 11.7 Å². The van der Waals surface area contributed by atoms with E-state index in [1.807, 2.05) is 42.7 Å². The molecule has 0 radical (unpaired) electrons. The lowest BCUT2D eigenvalue weighted by Gasteiger charge is -2.15. The van der Waals surface area contributed by atoms with Gasteiger partial charge in [0.2, 0.25) is 11.8 Å². The number of carbonyl (C=O) groups excluding carboxylic acids is 2. The number of rotatable bonds is 6. The first-order valence-corrected chi connectivity index (χ1v) is 8.67. The van der Waals surface area contributed by atoms with Crippen molar-refractivity contribution in [3.05, 3.63) is 48.9 Å². The smallest absolute Gasteiger partial charge is 0.243 e. The van der Waals surface area contributed by atoms with Crippen LogP contribution in [0.15, 0.2) is 48.9 Å². The SMILES string of the molecule is CC(C)[C@H](N)C(=O)NCC(=O)Nc1ccc(-n2cnc3ccccc32)nc1. The minimum Gasteiger partial charge on any atom is -0.346 e. The summed E-state index contributed by atoms with van der Waals surface area (Å²) in [5, 5.41) is 5.22. The zero-order valence-corrected chi connectivity index (χ0v) is 15.2. The van der Waals surface area contributed by atoms with Gasteiger partial charge in [-0.15, -0.1) is 0 Å². The summed E-state index contributed by atoms with van der Waals surface area (Å²) < 4.78 is 1.87. The highest BCUT2D eigenvalue weighted by atomic mass is 16.2. The topological polar surface area (TPSA) is 115 Å². The van der Waals surface area contributed by atoms with E-state index in [0.717, 1.165) is 11.0 Å². The average Bonchev–Trinajstić information content (AvgIpc) is 3.10. The molecule has 8 nitrogen and oxygen atoms in total. The normalized spacial score (nSPS) is 12.1. The van der Waals surface area contributed by atoms with E-state index in [2.05, 4.69) is 20.6 Å². The van der Waals surface area contributed by atoms with Gasteiger partial charge in [-0.3, -0.25) is 14.2 Å². The Bertz CT molecular complexity index is 948. The number of para-hydroxylation sites is 2. The van der Waals surface area contributed by atoms with Crippen molar-refractivity contribution >= 4 is 28.5 Å². The molecule has 4 N–H and O–H groups in total. The maximum Gasteiger partial charge on any atom is 0.243 e. The van der Waals surface area contributed by atoms with Gasteiger partial charge >= 0.3 is 0 Å². The van der Waals surface area contributed by atoms with Crippen molar-refractivity contribution in [1.29, 1.82) is 0 Å². The summed E-state index contributed by atoms with van der Waals surface area (Å²) in [6.07, 6.45) is 3.27. The molecule has 2 amide bonds. The number of anilines is 1. The molecule has 2 aromatic heterocycles. The molecule has 0 unspecified atom stereocenters. The summed E-state index contributed by atoms with van der Waals surface area (Å²) in [6, 6.07) is 10.7. The molecule has 3 aromatic rings. The lowest BCUT2D eigenvalue weighted by Crippen LogP contribution is -2.46. The van der Waals surface area contributed by atoms with Crippen molar-refractivity contribution in [2.45, 2.75) is 19.9 Å². The van der Waals surface area contributed by atoms with Crippen LogP contribution in [0.3, 0.4) is 0 Å². The van der Waals surface area contributed by atoms with Crippen LogP contribution in [0.25, 0.3) is 16.9 Å². The van der Waals surface area contributed by atoms with E-state index in [1.165, 1.54) is 0 Å². The first-order valence-electron chi connectivity index (χ1n) is 8.67. The highest BCUT2D eigenvalue weighted by Crippen LogP contribution is 2.17. The maximum atomic E-state index is 12.0. The Morgan fingerprint density at radius 3 is 2.63 bits per heavy atom. The molecular weight excluding hydrogens is 344 g/mol. The van der Waals surface area contributed by atoms with E-state index < -0.39 is 6.04 Å². The van der Waals surface area contributed by atoms with Gasteiger partial charge in [0.15, 0.2) is 0 Å². The molecule has 27 heavy (non-hydrogen) atoms. The van der Waals surface area contributed by atoms with Gasteiger partial charge < -0.3 is 16.4 Å². The van der Waals surface area contributed by atoms with E-state index in [0.29, 0.717) is 11.5 Å². The predicted octanol–water partition coefficient (Wildman–Crippen LogP) is 1.46. The fourth-order valence-electron chi connectivity index (χ4n) is 2.54. The van der Waals surface area contributed by atoms with Gasteiger partial charge in [0.25, 0.3) is 0 Å². The number of nitrogens with two attached hydrogens (primary N) is 1. The van der Waals surface area contributed by atoms with Crippen LogP contribution in [0.4, 0.5) is 5.69 Å². The first-order chi connectivity index (χ1) is 13.0. The standard InChI is InChI=1S/C19H22N6O2/c1-12(2)18(20)19(27)22-10-17(26)24-13-7-8-16(21-9-13)25-11-23-14-5-3-4-6-15(14)25/h3-9,11-12,18H,10,20H2,1-2H3,(H,22,27)(H,24,26)/t18-/m0/s1. The van der Waals surface area contributed by atoms with E-state index in [-0.39, 0.29) is 24.3 Å². The lowest BCUT2D eigenvalue weighted by molar-refractivity contribution is -0.125. The van der Waals surface area contributed by atoms with Crippen LogP contribution in [0.1, 0.15) is 13.8 Å². The minimum atomic E-state index is -0.635. The Labute approximate surface area is 156 Å². The summed E-state index contributed by atoms with van der Waals surface area (Å²) in [5.74, 6) is 0.00418. The third-order valence-corrected chi connectivity index (χ3v) is 4.18. The largest absolute Gasteiger partial charge is 0.346 e. The number of benzene rings is 1. The molecule has 0 spiro atoms. The van der Waals surface area contributed by atoms with Gasteiger partial charge in [0.05, 0.1) is 35.5 Å². The molecule has 0 aliphatic rings. The van der Waals surface area contributed by atoms with Gasteiger partial charge in [0.1, 0.15) is 12.1 Å². The number of imidazole rings is 1. The Morgan fingerprint density at radius 1 is 1.15 bits per heavy atom. The molecule has 2 heterocycles. The van der Waals surface area contributed by atoms with E-state index in [9.17, 15) is 9.59 Å². The number of nitrogens with zero attached hydrogens (tertiary/aromatic N) is 3. The van der Waals surface area contributed by atoms with Gasteiger partial charge in [-0.05, 0) is 30.2 Å². The van der Waals surface area contributed by atoms with Crippen LogP contribution in [0, 0.1) is 5.92 Å². The quantitative estimate of drug-likeness (QED) is 0.611. The summed E-state index contributed by atoms with van der Waals surface area (Å²) in [5.41, 5.74) is 8.11. The van der Waals surface area contributed by atoms with Crippen molar-refractivity contribution in [2.75, 3.05) is 11.9 Å². The number of aromatic nitrogens is 3. The van der Waals surface area contributed by atoms with E-state index in [1.54, 1.807) is 24.7 Å². The summed E-state index contributed by atoms with van der Waals surface area (Å²) in [4.78, 5) is 32.5. The number of hydrogen-bond donors (Lipinski definition) is 3. The maximum absolute atomic E-state index is 12.0. The summed E-state index contributed by atoms with van der Waals surface area (Å²) in [6.45, 7) is 3.55. The third kappa shape index (κ3) is 4.29. The van der Waals surface area contributed by atoms with Crippen LogP contribution < -0.4 is 16.4 Å². The van der Waals surface area contributed by atoms with Gasteiger partial charge in [-0.25, -0.2) is 9.97 Å². The zero-order chi connectivity index (χ0) is 19.4. The lowest BCUT2D eigenvalue weighted by atomic mass is 10.1. The summed E-state index contributed by atoms with van der Waals surface area (Å²) in [7, 11) is 0. The number of pyridine rings is 1. The molecule has 0 aliphatic heterocycles. The average molecular weight is 366 g/mol.